The molecule has 1 aromatic heterocycles. The van der Waals surface area contributed by atoms with Crippen LogP contribution in [0.4, 0.5) is 15.8 Å². The molecule has 0 bridgehead atoms. The fourth-order valence-corrected chi connectivity index (χ4v) is 3.84. The molecule has 0 amide bonds. The van der Waals surface area contributed by atoms with E-state index in [1.807, 2.05) is 29.3 Å². The quantitative estimate of drug-likeness (QED) is 0.405. The lowest BCUT2D eigenvalue weighted by Gasteiger charge is -2.39. The number of benzene rings is 2. The van der Waals surface area contributed by atoms with Gasteiger partial charge in [-0.1, -0.05) is 18.2 Å². The molecule has 0 saturated heterocycles. The number of thiocarbonyl (C=S) groups is 1. The number of rotatable bonds is 3. The minimum Gasteiger partial charge on any atom is -0.348 e. The number of nitro benzene ring substituents is 1. The second-order valence-corrected chi connectivity index (χ2v) is 6.90. The summed E-state index contributed by atoms with van der Waals surface area (Å²) in [5.74, 6) is -0.351. The summed E-state index contributed by atoms with van der Waals surface area (Å²) in [4.78, 5) is 12.8. The highest BCUT2D eigenvalue weighted by molar-refractivity contribution is 7.80. The monoisotopic (exact) mass is 396 g/mol. The minimum atomic E-state index is -0.404. The van der Waals surface area contributed by atoms with Crippen molar-refractivity contribution in [2.75, 3.05) is 11.9 Å². The van der Waals surface area contributed by atoms with Crippen LogP contribution in [0, 0.1) is 15.9 Å². The van der Waals surface area contributed by atoms with Crippen molar-refractivity contribution >= 4 is 28.7 Å². The number of fused-ring (bicyclic) bond motifs is 1. The second kappa shape index (κ2) is 7.40. The summed E-state index contributed by atoms with van der Waals surface area (Å²) >= 11 is 5.61. The number of hydrogen-bond acceptors (Lipinski definition) is 3. The summed E-state index contributed by atoms with van der Waals surface area (Å²) in [6.07, 6.45) is 1.99. The highest BCUT2D eigenvalue weighted by atomic mass is 32.1. The van der Waals surface area contributed by atoms with Crippen LogP contribution in [0.2, 0.25) is 0 Å². The molecule has 2 heterocycles. The molecule has 0 unspecified atom stereocenters. The van der Waals surface area contributed by atoms with E-state index < -0.39 is 4.92 Å². The third kappa shape index (κ3) is 3.46. The number of nitrogens with one attached hydrogen (secondary N) is 1. The van der Waals surface area contributed by atoms with Gasteiger partial charge < -0.3 is 14.8 Å². The fourth-order valence-electron chi connectivity index (χ4n) is 3.52. The molecule has 6 nitrogen and oxygen atoms in total. The van der Waals surface area contributed by atoms with Crippen LogP contribution < -0.4 is 5.32 Å². The molecule has 0 aliphatic carbocycles. The zero-order chi connectivity index (χ0) is 19.7. The SMILES string of the molecule is O=[N+]([O-])c1cccc([C@H]2c3cccn3CCN2C(=S)Nc2cccc(F)c2)c1. The van der Waals surface area contributed by atoms with Gasteiger partial charge >= 0.3 is 0 Å². The van der Waals surface area contributed by atoms with Gasteiger partial charge in [0, 0.05) is 42.8 Å². The largest absolute Gasteiger partial charge is 0.348 e. The van der Waals surface area contributed by atoms with E-state index in [0.717, 1.165) is 17.8 Å². The first kappa shape index (κ1) is 18.1. The zero-order valence-electron chi connectivity index (χ0n) is 14.8. The zero-order valence-corrected chi connectivity index (χ0v) is 15.6. The van der Waals surface area contributed by atoms with Crippen molar-refractivity contribution < 1.29 is 9.31 Å². The normalized spacial score (nSPS) is 15.8. The van der Waals surface area contributed by atoms with Crippen molar-refractivity contribution in [1.29, 1.82) is 0 Å². The van der Waals surface area contributed by atoms with Gasteiger partial charge in [0.1, 0.15) is 5.82 Å². The van der Waals surface area contributed by atoms with Gasteiger partial charge in [0.2, 0.25) is 0 Å². The van der Waals surface area contributed by atoms with E-state index in [1.165, 1.54) is 18.2 Å². The number of nitro groups is 1. The highest BCUT2D eigenvalue weighted by Gasteiger charge is 2.31. The Balaban J connectivity index is 1.70. The number of anilines is 1. The van der Waals surface area contributed by atoms with Gasteiger partial charge in [0.15, 0.2) is 5.11 Å². The Morgan fingerprint density at radius 2 is 1.96 bits per heavy atom. The third-order valence-corrected chi connectivity index (χ3v) is 5.11. The average molecular weight is 396 g/mol. The molecule has 1 aliphatic rings. The summed E-state index contributed by atoms with van der Waals surface area (Å²) in [6, 6.07) is 16.3. The van der Waals surface area contributed by atoms with Crippen molar-refractivity contribution in [3.05, 3.63) is 94.0 Å². The van der Waals surface area contributed by atoms with Crippen LogP contribution in [-0.2, 0) is 6.54 Å². The number of hydrogen-bond donors (Lipinski definition) is 1. The highest BCUT2D eigenvalue weighted by Crippen LogP contribution is 2.34. The molecule has 1 aliphatic heterocycles. The summed E-state index contributed by atoms with van der Waals surface area (Å²) in [5.41, 5.74) is 2.36. The van der Waals surface area contributed by atoms with E-state index in [1.54, 1.807) is 24.3 Å². The lowest BCUT2D eigenvalue weighted by atomic mass is 10.00. The molecule has 4 rings (SSSR count). The number of non-ortho nitro benzene ring substituents is 1. The predicted molar refractivity (Wildman–Crippen MR) is 109 cm³/mol. The van der Waals surface area contributed by atoms with Gasteiger partial charge in [-0.3, -0.25) is 10.1 Å². The maximum absolute atomic E-state index is 13.5. The van der Waals surface area contributed by atoms with Gasteiger partial charge in [0.05, 0.1) is 11.0 Å². The van der Waals surface area contributed by atoms with Crippen molar-refractivity contribution in [2.45, 2.75) is 12.6 Å². The van der Waals surface area contributed by atoms with Crippen LogP contribution in [0.15, 0.2) is 66.9 Å². The first-order chi connectivity index (χ1) is 13.5. The molecule has 2 aromatic carbocycles. The number of nitrogens with zero attached hydrogens (tertiary/aromatic N) is 3. The van der Waals surface area contributed by atoms with E-state index in [9.17, 15) is 14.5 Å². The molecule has 0 fully saturated rings. The van der Waals surface area contributed by atoms with Crippen molar-refractivity contribution in [3.8, 4) is 0 Å². The van der Waals surface area contributed by atoms with Gasteiger partial charge in [-0.05, 0) is 48.1 Å². The lowest BCUT2D eigenvalue weighted by molar-refractivity contribution is -0.384. The summed E-state index contributed by atoms with van der Waals surface area (Å²) < 4.78 is 15.6. The van der Waals surface area contributed by atoms with Crippen LogP contribution in [-0.4, -0.2) is 26.0 Å². The standard InChI is InChI=1S/C20H17FN4O2S/c21-15-5-2-6-16(13-15)22-20(28)24-11-10-23-9-3-8-18(23)19(24)14-4-1-7-17(12-14)25(26)27/h1-9,12-13,19H,10-11H2,(H,22,28)/t19-/m0/s1. The number of aromatic nitrogens is 1. The lowest BCUT2D eigenvalue weighted by Crippen LogP contribution is -2.44. The molecule has 0 spiro atoms. The van der Waals surface area contributed by atoms with Crippen LogP contribution in [0.1, 0.15) is 17.3 Å². The molecule has 142 valence electrons. The maximum Gasteiger partial charge on any atom is 0.269 e. The van der Waals surface area contributed by atoms with Crippen LogP contribution in [0.5, 0.6) is 0 Å². The van der Waals surface area contributed by atoms with E-state index in [4.69, 9.17) is 12.2 Å². The molecule has 3 aromatic rings. The van der Waals surface area contributed by atoms with Crippen LogP contribution in [0.25, 0.3) is 0 Å². The minimum absolute atomic E-state index is 0.0325. The molecule has 8 heteroatoms. The first-order valence-electron chi connectivity index (χ1n) is 8.75. The van der Waals surface area contributed by atoms with Crippen molar-refractivity contribution in [2.24, 2.45) is 0 Å². The molecule has 1 atom stereocenters. The molecule has 0 saturated carbocycles. The Hall–Kier alpha value is -3.26. The Bertz CT molecular complexity index is 1050. The maximum atomic E-state index is 13.5. The Kier molecular flexibility index (Phi) is 4.79. The number of halogens is 1. The molecule has 28 heavy (non-hydrogen) atoms. The van der Waals surface area contributed by atoms with Gasteiger partial charge in [-0.2, -0.15) is 0 Å². The van der Waals surface area contributed by atoms with Gasteiger partial charge in [-0.25, -0.2) is 4.39 Å². The molecular formula is C20H17FN4O2S. The van der Waals surface area contributed by atoms with E-state index in [-0.39, 0.29) is 17.5 Å². The van der Waals surface area contributed by atoms with Crippen molar-refractivity contribution in [1.82, 2.24) is 9.47 Å². The molecular weight excluding hydrogens is 379 g/mol. The van der Waals surface area contributed by atoms with E-state index >= 15 is 0 Å². The van der Waals surface area contributed by atoms with Gasteiger partial charge in [0.25, 0.3) is 5.69 Å². The van der Waals surface area contributed by atoms with Crippen molar-refractivity contribution in [3.63, 3.8) is 0 Å². The Morgan fingerprint density at radius 1 is 1.14 bits per heavy atom. The predicted octanol–water partition coefficient (Wildman–Crippen LogP) is 4.34. The first-order valence-corrected chi connectivity index (χ1v) is 9.16. The summed E-state index contributed by atoms with van der Waals surface area (Å²) in [5, 5.41) is 14.8. The fraction of sp³-hybridized carbons (Fsp3) is 0.150. The smallest absolute Gasteiger partial charge is 0.269 e. The van der Waals surface area contributed by atoms with E-state index in [0.29, 0.717) is 17.3 Å². The third-order valence-electron chi connectivity index (χ3n) is 4.77. The summed E-state index contributed by atoms with van der Waals surface area (Å²) in [7, 11) is 0. The topological polar surface area (TPSA) is 63.3 Å². The van der Waals surface area contributed by atoms with Gasteiger partial charge in [-0.15, -0.1) is 0 Å². The van der Waals surface area contributed by atoms with Crippen LogP contribution >= 0.6 is 12.2 Å². The average Bonchev–Trinajstić information content (AvgIpc) is 3.16. The Labute approximate surface area is 166 Å². The van der Waals surface area contributed by atoms with Crippen LogP contribution in [0.3, 0.4) is 0 Å². The van der Waals surface area contributed by atoms with E-state index in [2.05, 4.69) is 9.88 Å². The summed E-state index contributed by atoms with van der Waals surface area (Å²) in [6.45, 7) is 1.36. The second-order valence-electron chi connectivity index (χ2n) is 6.51. The molecule has 0 radical (unpaired) electrons. The Morgan fingerprint density at radius 3 is 2.75 bits per heavy atom. The molecule has 1 N–H and O–H groups in total.